The van der Waals surface area contributed by atoms with E-state index in [2.05, 4.69) is 5.10 Å². The third-order valence-corrected chi connectivity index (χ3v) is 3.02. The van der Waals surface area contributed by atoms with Gasteiger partial charge < -0.3 is 0 Å². The summed E-state index contributed by atoms with van der Waals surface area (Å²) in [5.41, 5.74) is 2.94. The van der Waals surface area contributed by atoms with Crippen molar-refractivity contribution in [1.29, 1.82) is 0 Å². The molecule has 2 nitrogen and oxygen atoms in total. The van der Waals surface area contributed by atoms with E-state index in [9.17, 15) is 8.78 Å². The Morgan fingerprint density at radius 1 is 1.16 bits per heavy atom. The molecule has 0 aliphatic rings. The summed E-state index contributed by atoms with van der Waals surface area (Å²) in [6.45, 7) is 7.57. The lowest BCUT2D eigenvalue weighted by molar-refractivity contribution is 0.151. The molecule has 0 amide bonds. The lowest BCUT2D eigenvalue weighted by atomic mass is 9.95. The van der Waals surface area contributed by atoms with Crippen molar-refractivity contribution >= 4 is 0 Å². The summed E-state index contributed by atoms with van der Waals surface area (Å²) < 4.78 is 27.9. The van der Waals surface area contributed by atoms with Gasteiger partial charge in [0, 0.05) is 24.4 Å². The molecule has 19 heavy (non-hydrogen) atoms. The second kappa shape index (κ2) is 6.45. The van der Waals surface area contributed by atoms with Gasteiger partial charge in [-0.2, -0.15) is 5.10 Å². The number of aromatic nitrogens is 2. The quantitative estimate of drug-likeness (QED) is 0.772. The van der Waals surface area contributed by atoms with Crippen LogP contribution in [0.2, 0.25) is 0 Å². The lowest BCUT2D eigenvalue weighted by Gasteiger charge is -2.13. The maximum Gasteiger partial charge on any atom is 0.264 e. The summed E-state index contributed by atoms with van der Waals surface area (Å²) in [4.78, 5) is 0. The van der Waals surface area contributed by atoms with Crippen LogP contribution in [0.1, 0.15) is 37.0 Å². The summed E-state index contributed by atoms with van der Waals surface area (Å²) in [5.74, 6) is 0. The summed E-state index contributed by atoms with van der Waals surface area (Å²) in [6.07, 6.45) is 0.886. The Morgan fingerprint density at radius 3 is 2.26 bits per heavy atom. The predicted molar refractivity (Wildman–Crippen MR) is 74.4 cm³/mol. The molecular formula is C15H20F2N2. The second-order valence-corrected chi connectivity index (χ2v) is 4.17. The zero-order chi connectivity index (χ0) is 14.6. The van der Waals surface area contributed by atoms with Gasteiger partial charge >= 0.3 is 0 Å². The number of aryl methyl sites for hydroxylation is 2. The first kappa shape index (κ1) is 15.3. The van der Waals surface area contributed by atoms with Crippen LogP contribution in [0, 0.1) is 13.8 Å². The average molecular weight is 266 g/mol. The molecule has 0 aliphatic heterocycles. The van der Waals surface area contributed by atoms with Gasteiger partial charge in [0.05, 0.1) is 6.20 Å². The topological polar surface area (TPSA) is 17.8 Å². The van der Waals surface area contributed by atoms with E-state index in [0.29, 0.717) is 11.1 Å². The highest BCUT2D eigenvalue weighted by Gasteiger charge is 2.18. The first-order valence-corrected chi connectivity index (χ1v) is 6.38. The summed E-state index contributed by atoms with van der Waals surface area (Å²) in [7, 11) is 1.77. The van der Waals surface area contributed by atoms with Gasteiger partial charge in [0.1, 0.15) is 0 Å². The SMILES string of the molecule is CC.Cc1ccc(-c2cnn(C)c2)c(C(F)F)c1C. The molecule has 0 saturated carbocycles. The van der Waals surface area contributed by atoms with E-state index in [4.69, 9.17) is 0 Å². The standard InChI is InChI=1S/C13H14F2N2.C2H6/c1-8-4-5-11(10-6-16-17(3)7-10)12(9(8)2)13(14)15;1-2/h4-7,13H,1-3H3;1-2H3. The number of alkyl halides is 2. The van der Waals surface area contributed by atoms with Crippen molar-refractivity contribution in [3.05, 3.63) is 41.2 Å². The highest BCUT2D eigenvalue weighted by molar-refractivity contribution is 5.68. The molecule has 2 aromatic rings. The Kier molecular flexibility index (Phi) is 5.21. The molecule has 0 aliphatic carbocycles. The lowest BCUT2D eigenvalue weighted by Crippen LogP contribution is -1.96. The first-order chi connectivity index (χ1) is 9.00. The highest BCUT2D eigenvalue weighted by Crippen LogP contribution is 2.34. The van der Waals surface area contributed by atoms with E-state index < -0.39 is 6.43 Å². The highest BCUT2D eigenvalue weighted by atomic mass is 19.3. The number of hydrogen-bond donors (Lipinski definition) is 0. The van der Waals surface area contributed by atoms with Crippen LogP contribution >= 0.6 is 0 Å². The number of benzene rings is 1. The smallest absolute Gasteiger partial charge is 0.264 e. The van der Waals surface area contributed by atoms with Crippen molar-refractivity contribution in [2.45, 2.75) is 34.1 Å². The minimum Gasteiger partial charge on any atom is -0.275 e. The Balaban J connectivity index is 0.000000861. The molecule has 4 heteroatoms. The molecule has 1 aromatic heterocycles. The molecule has 0 N–H and O–H groups in total. The Bertz CT molecular complexity index is 545. The maximum atomic E-state index is 13.1. The molecule has 0 radical (unpaired) electrons. The van der Waals surface area contributed by atoms with Crippen LogP contribution in [0.4, 0.5) is 8.78 Å². The minimum absolute atomic E-state index is 0.109. The fraction of sp³-hybridized carbons (Fsp3) is 0.400. The van der Waals surface area contributed by atoms with Gasteiger partial charge in [0.25, 0.3) is 6.43 Å². The van der Waals surface area contributed by atoms with Gasteiger partial charge in [-0.05, 0) is 30.5 Å². The fourth-order valence-corrected chi connectivity index (χ4v) is 1.93. The van der Waals surface area contributed by atoms with E-state index in [1.54, 1.807) is 37.1 Å². The van der Waals surface area contributed by atoms with Crippen LogP contribution in [-0.4, -0.2) is 9.78 Å². The van der Waals surface area contributed by atoms with Gasteiger partial charge in [-0.1, -0.05) is 26.0 Å². The van der Waals surface area contributed by atoms with E-state index >= 15 is 0 Å². The molecule has 0 fully saturated rings. The summed E-state index contributed by atoms with van der Waals surface area (Å²) in [6, 6.07) is 3.60. The largest absolute Gasteiger partial charge is 0.275 e. The average Bonchev–Trinajstić information content (AvgIpc) is 2.81. The van der Waals surface area contributed by atoms with Crippen molar-refractivity contribution in [3.8, 4) is 11.1 Å². The maximum absolute atomic E-state index is 13.1. The van der Waals surface area contributed by atoms with E-state index in [-0.39, 0.29) is 5.56 Å². The number of rotatable bonds is 2. The van der Waals surface area contributed by atoms with Crippen LogP contribution < -0.4 is 0 Å². The van der Waals surface area contributed by atoms with Crippen LogP contribution in [0.25, 0.3) is 11.1 Å². The van der Waals surface area contributed by atoms with E-state index in [1.165, 1.54) is 0 Å². The van der Waals surface area contributed by atoms with E-state index in [0.717, 1.165) is 11.1 Å². The monoisotopic (exact) mass is 266 g/mol. The van der Waals surface area contributed by atoms with Gasteiger partial charge in [-0.15, -0.1) is 0 Å². The van der Waals surface area contributed by atoms with Crippen molar-refractivity contribution in [2.24, 2.45) is 7.05 Å². The van der Waals surface area contributed by atoms with E-state index in [1.807, 2.05) is 26.8 Å². The third kappa shape index (κ3) is 3.19. The zero-order valence-corrected chi connectivity index (χ0v) is 12.0. The van der Waals surface area contributed by atoms with Crippen LogP contribution in [-0.2, 0) is 7.05 Å². The molecule has 2 rings (SSSR count). The molecule has 0 spiro atoms. The van der Waals surface area contributed by atoms with Crippen molar-refractivity contribution < 1.29 is 8.78 Å². The molecule has 0 atom stereocenters. The van der Waals surface area contributed by atoms with Crippen LogP contribution in [0.3, 0.4) is 0 Å². The van der Waals surface area contributed by atoms with Gasteiger partial charge in [-0.3, -0.25) is 4.68 Å². The Labute approximate surface area is 113 Å². The van der Waals surface area contributed by atoms with Crippen molar-refractivity contribution in [3.63, 3.8) is 0 Å². The molecule has 0 saturated heterocycles. The normalized spacial score (nSPS) is 10.3. The molecule has 0 bridgehead atoms. The Hall–Kier alpha value is -1.71. The minimum atomic E-state index is -2.47. The fourth-order valence-electron chi connectivity index (χ4n) is 1.93. The molecule has 0 unspecified atom stereocenters. The first-order valence-electron chi connectivity index (χ1n) is 6.38. The van der Waals surface area contributed by atoms with Gasteiger partial charge in [0.15, 0.2) is 0 Å². The molecule has 104 valence electrons. The molecule has 1 heterocycles. The summed E-state index contributed by atoms with van der Waals surface area (Å²) in [5, 5.41) is 4.02. The summed E-state index contributed by atoms with van der Waals surface area (Å²) >= 11 is 0. The number of nitrogens with zero attached hydrogens (tertiary/aromatic N) is 2. The predicted octanol–water partition coefficient (Wildman–Crippen LogP) is 4.67. The van der Waals surface area contributed by atoms with Gasteiger partial charge in [0.2, 0.25) is 0 Å². The second-order valence-electron chi connectivity index (χ2n) is 4.17. The van der Waals surface area contributed by atoms with Crippen molar-refractivity contribution in [1.82, 2.24) is 9.78 Å². The van der Waals surface area contributed by atoms with Crippen LogP contribution in [0.15, 0.2) is 24.5 Å². The van der Waals surface area contributed by atoms with Crippen molar-refractivity contribution in [2.75, 3.05) is 0 Å². The Morgan fingerprint density at radius 2 is 1.79 bits per heavy atom. The molecular weight excluding hydrogens is 246 g/mol. The third-order valence-electron chi connectivity index (χ3n) is 3.02. The molecule has 1 aromatic carbocycles. The van der Waals surface area contributed by atoms with Crippen LogP contribution in [0.5, 0.6) is 0 Å². The number of halogens is 2. The zero-order valence-electron chi connectivity index (χ0n) is 12.0. The number of hydrogen-bond acceptors (Lipinski definition) is 1. The van der Waals surface area contributed by atoms with Gasteiger partial charge in [-0.25, -0.2) is 8.78 Å².